The minimum atomic E-state index is -1.13. The van der Waals surface area contributed by atoms with Crippen molar-refractivity contribution in [1.82, 2.24) is 5.32 Å². The number of fused-ring (bicyclic) bond motifs is 3. The van der Waals surface area contributed by atoms with E-state index in [1.54, 1.807) is 24.3 Å². The van der Waals surface area contributed by atoms with Gasteiger partial charge >= 0.3 is 18.0 Å². The van der Waals surface area contributed by atoms with Gasteiger partial charge in [0.05, 0.1) is 12.7 Å². The van der Waals surface area contributed by atoms with E-state index in [-0.39, 0.29) is 18.3 Å². The van der Waals surface area contributed by atoms with Crippen molar-refractivity contribution in [1.29, 1.82) is 0 Å². The highest BCUT2D eigenvalue weighted by atomic mass is 32.2. The zero-order valence-electron chi connectivity index (χ0n) is 19.1. The van der Waals surface area contributed by atoms with E-state index in [1.807, 2.05) is 36.4 Å². The predicted molar refractivity (Wildman–Crippen MR) is 134 cm³/mol. The van der Waals surface area contributed by atoms with E-state index in [1.165, 1.54) is 18.9 Å². The monoisotopic (exact) mass is 491 g/mol. The lowest BCUT2D eigenvalue weighted by Gasteiger charge is -2.17. The zero-order chi connectivity index (χ0) is 24.8. The van der Waals surface area contributed by atoms with Crippen LogP contribution in [0.4, 0.5) is 4.79 Å². The summed E-state index contributed by atoms with van der Waals surface area (Å²) in [5.41, 5.74) is 5.79. The third-order valence-electron chi connectivity index (χ3n) is 5.86. The van der Waals surface area contributed by atoms with Gasteiger partial charge in [0.2, 0.25) is 0 Å². The molecule has 0 spiro atoms. The van der Waals surface area contributed by atoms with Crippen molar-refractivity contribution in [2.45, 2.75) is 17.7 Å². The Bertz CT molecular complexity index is 1180. The molecule has 0 heterocycles. The van der Waals surface area contributed by atoms with E-state index in [0.717, 1.165) is 27.8 Å². The summed E-state index contributed by atoms with van der Waals surface area (Å²) in [5, 5.41) is 12.0. The number of rotatable bonds is 9. The quantitative estimate of drug-likeness (QED) is 0.419. The highest BCUT2D eigenvalue weighted by Gasteiger charge is 2.29. The van der Waals surface area contributed by atoms with Crippen molar-refractivity contribution in [2.24, 2.45) is 0 Å². The molecule has 1 unspecified atom stereocenters. The second kappa shape index (κ2) is 11.1. The Morgan fingerprint density at radius 1 is 0.943 bits per heavy atom. The van der Waals surface area contributed by atoms with Crippen molar-refractivity contribution in [2.75, 3.05) is 19.5 Å². The minimum Gasteiger partial charge on any atom is -0.480 e. The minimum absolute atomic E-state index is 0.0984. The van der Waals surface area contributed by atoms with Gasteiger partial charge in [-0.15, -0.1) is 0 Å². The zero-order valence-corrected chi connectivity index (χ0v) is 19.9. The fourth-order valence-corrected chi connectivity index (χ4v) is 5.11. The summed E-state index contributed by atoms with van der Waals surface area (Å²) in [6, 6.07) is 21.8. The van der Waals surface area contributed by atoms with Crippen LogP contribution in [0.1, 0.15) is 33.0 Å². The summed E-state index contributed by atoms with van der Waals surface area (Å²) in [7, 11) is 1.32. The summed E-state index contributed by atoms with van der Waals surface area (Å²) < 4.78 is 10.1. The number of benzene rings is 3. The van der Waals surface area contributed by atoms with Gasteiger partial charge in [0.1, 0.15) is 12.6 Å². The van der Waals surface area contributed by atoms with E-state index < -0.39 is 24.1 Å². The number of aliphatic carboxylic acids is 1. The van der Waals surface area contributed by atoms with Crippen LogP contribution in [0.3, 0.4) is 0 Å². The molecule has 180 valence electrons. The number of alkyl carbamates (subject to hydrolysis) is 1. The van der Waals surface area contributed by atoms with Gasteiger partial charge in [-0.1, -0.05) is 60.7 Å². The smallest absolute Gasteiger partial charge is 0.407 e. The van der Waals surface area contributed by atoms with Gasteiger partial charge in [0.25, 0.3) is 0 Å². The number of ether oxygens (including phenoxy) is 2. The van der Waals surface area contributed by atoms with Crippen LogP contribution in [0, 0.1) is 0 Å². The normalized spacial score (nSPS) is 12.8. The molecule has 0 fully saturated rings. The van der Waals surface area contributed by atoms with Gasteiger partial charge in [0, 0.05) is 17.4 Å². The maximum absolute atomic E-state index is 12.5. The van der Waals surface area contributed by atoms with Crippen LogP contribution >= 0.6 is 11.8 Å². The number of carbonyl (C=O) groups is 3. The average Bonchev–Trinajstić information content (AvgIpc) is 3.20. The molecule has 1 aliphatic carbocycles. The molecule has 4 rings (SSSR count). The first-order valence-corrected chi connectivity index (χ1v) is 12.2. The third-order valence-corrected chi connectivity index (χ3v) is 6.97. The van der Waals surface area contributed by atoms with Crippen LogP contribution < -0.4 is 5.32 Å². The molecule has 8 heteroatoms. The number of carboxylic acids is 1. The number of methoxy groups -OCH3 is 1. The van der Waals surface area contributed by atoms with Gasteiger partial charge in [-0.25, -0.2) is 14.4 Å². The first kappa shape index (κ1) is 24.3. The Labute approximate surface area is 207 Å². The Kier molecular flexibility index (Phi) is 7.72. The molecule has 0 aliphatic heterocycles. The molecule has 3 aromatic rings. The Morgan fingerprint density at radius 2 is 1.54 bits per heavy atom. The number of hydrogen-bond acceptors (Lipinski definition) is 6. The summed E-state index contributed by atoms with van der Waals surface area (Å²) in [6.07, 6.45) is -0.762. The Hall–Kier alpha value is -3.78. The number of carbonyl (C=O) groups excluding carboxylic acids is 2. The van der Waals surface area contributed by atoms with E-state index in [9.17, 15) is 19.5 Å². The molecule has 1 aliphatic rings. The molecule has 2 N–H and O–H groups in total. The van der Waals surface area contributed by atoms with Crippen molar-refractivity contribution in [3.8, 4) is 11.1 Å². The molecule has 7 nitrogen and oxygen atoms in total. The molecular weight excluding hydrogens is 466 g/mol. The van der Waals surface area contributed by atoms with Gasteiger partial charge in [0.15, 0.2) is 0 Å². The van der Waals surface area contributed by atoms with Crippen LogP contribution in [0.2, 0.25) is 0 Å². The largest absolute Gasteiger partial charge is 0.480 e. The molecule has 35 heavy (non-hydrogen) atoms. The highest BCUT2D eigenvalue weighted by molar-refractivity contribution is 7.98. The third kappa shape index (κ3) is 5.66. The molecule has 1 amide bonds. The van der Waals surface area contributed by atoms with E-state index >= 15 is 0 Å². The maximum atomic E-state index is 12.5. The summed E-state index contributed by atoms with van der Waals surface area (Å²) >= 11 is 1.36. The van der Waals surface area contributed by atoms with E-state index in [4.69, 9.17) is 4.74 Å². The van der Waals surface area contributed by atoms with Crippen molar-refractivity contribution < 1.29 is 29.0 Å². The number of hydrogen-bond donors (Lipinski definition) is 2. The van der Waals surface area contributed by atoms with Crippen LogP contribution in [-0.4, -0.2) is 48.6 Å². The van der Waals surface area contributed by atoms with Crippen molar-refractivity contribution in [3.05, 3.63) is 95.1 Å². The standard InChI is InChI=1S/C27H25NO6S/c1-33-26(31)18-12-10-17(11-13-18)15-35-16-24(25(29)30)28-27(32)34-14-23-21-8-4-2-6-19(21)20-7-3-5-9-22(20)23/h2-13,23-24H,14-16H2,1H3,(H,28,32)(H,29,30). The Balaban J connectivity index is 1.30. The average molecular weight is 492 g/mol. The maximum Gasteiger partial charge on any atom is 0.407 e. The summed E-state index contributed by atoms with van der Waals surface area (Å²) in [6.45, 7) is 0.117. The summed E-state index contributed by atoms with van der Waals surface area (Å²) in [4.78, 5) is 35.7. The van der Waals surface area contributed by atoms with Crippen LogP contribution in [0.15, 0.2) is 72.8 Å². The fourth-order valence-electron chi connectivity index (χ4n) is 4.11. The predicted octanol–water partition coefficient (Wildman–Crippen LogP) is 4.70. The van der Waals surface area contributed by atoms with Crippen LogP contribution in [-0.2, 0) is 20.0 Å². The van der Waals surface area contributed by atoms with Crippen molar-refractivity contribution >= 4 is 29.8 Å². The fraction of sp³-hybridized carbons (Fsp3) is 0.222. The number of thioether (sulfide) groups is 1. The first-order chi connectivity index (χ1) is 17.0. The number of esters is 1. The van der Waals surface area contributed by atoms with Gasteiger partial charge in [-0.3, -0.25) is 0 Å². The molecular formula is C27H25NO6S. The number of carboxylic acid groups (broad SMARTS) is 1. The number of nitrogens with one attached hydrogen (secondary N) is 1. The topological polar surface area (TPSA) is 102 Å². The SMILES string of the molecule is COC(=O)c1ccc(CSCC(NC(=O)OCC2c3ccccc3-c3ccccc32)C(=O)O)cc1. The second-order valence-corrected chi connectivity index (χ2v) is 9.09. The van der Waals surface area contributed by atoms with Gasteiger partial charge < -0.3 is 19.9 Å². The highest BCUT2D eigenvalue weighted by Crippen LogP contribution is 2.44. The Morgan fingerprint density at radius 3 is 2.11 bits per heavy atom. The van der Waals surface area contributed by atoms with Gasteiger partial charge in [-0.2, -0.15) is 11.8 Å². The molecule has 0 saturated heterocycles. The lowest BCUT2D eigenvalue weighted by molar-refractivity contribution is -0.138. The molecule has 3 aromatic carbocycles. The summed E-state index contributed by atoms with van der Waals surface area (Å²) in [5.74, 6) is -0.955. The second-order valence-electron chi connectivity index (χ2n) is 8.06. The lowest BCUT2D eigenvalue weighted by atomic mass is 9.98. The lowest BCUT2D eigenvalue weighted by Crippen LogP contribution is -2.43. The molecule has 1 atom stereocenters. The first-order valence-electron chi connectivity index (χ1n) is 11.1. The van der Waals surface area contributed by atoms with E-state index in [2.05, 4.69) is 22.2 Å². The molecule has 0 radical (unpaired) electrons. The molecule has 0 saturated carbocycles. The van der Waals surface area contributed by atoms with Gasteiger partial charge in [-0.05, 0) is 39.9 Å². The van der Waals surface area contributed by atoms with Crippen LogP contribution in [0.25, 0.3) is 11.1 Å². The van der Waals surface area contributed by atoms with Crippen molar-refractivity contribution in [3.63, 3.8) is 0 Å². The van der Waals surface area contributed by atoms with Crippen LogP contribution in [0.5, 0.6) is 0 Å². The van der Waals surface area contributed by atoms with E-state index in [0.29, 0.717) is 11.3 Å². The number of amides is 1. The molecule has 0 bridgehead atoms. The molecule has 0 aromatic heterocycles.